The largest absolute Gasteiger partial charge is 0.427 e. The molecule has 0 heterocycles. The summed E-state index contributed by atoms with van der Waals surface area (Å²) in [5.74, 6) is 0. The summed E-state index contributed by atoms with van der Waals surface area (Å²) in [4.78, 5) is 0. The first-order valence-electron chi connectivity index (χ1n) is 3.84. The second-order valence-corrected chi connectivity index (χ2v) is 3.07. The fraction of sp³-hybridized carbons (Fsp3) is 1.00. The summed E-state index contributed by atoms with van der Waals surface area (Å²) in [5.41, 5.74) is -5.22. The van der Waals surface area contributed by atoms with Crippen molar-refractivity contribution in [2.24, 2.45) is 0 Å². The molecule has 0 aliphatic carbocycles. The van der Waals surface area contributed by atoms with Crippen molar-refractivity contribution in [2.45, 2.75) is 24.1 Å². The van der Waals surface area contributed by atoms with Gasteiger partial charge in [-0.05, 0) is 0 Å². The second kappa shape index (κ2) is 4.52. The van der Waals surface area contributed by atoms with Crippen LogP contribution in [0, 0.1) is 0 Å². The molecule has 11 heteroatoms. The van der Waals surface area contributed by atoms with E-state index in [1.807, 2.05) is 0 Å². The first-order valence-corrected chi connectivity index (χ1v) is 3.84. The standard InChI is InChI=1S/C6H6F9NO/c7-4(8,9)2-16-1-3(17,5(10,11)12)6(13,14)15/h16-17H,1-2H2. The van der Waals surface area contributed by atoms with Gasteiger partial charge in [0.15, 0.2) is 0 Å². The predicted octanol–water partition coefficient (Wildman–Crippen LogP) is 1.99. The van der Waals surface area contributed by atoms with E-state index in [0.717, 1.165) is 5.32 Å². The van der Waals surface area contributed by atoms with Crippen LogP contribution in [0.15, 0.2) is 0 Å². The Morgan fingerprint density at radius 1 is 0.706 bits per heavy atom. The number of hydrogen-bond donors (Lipinski definition) is 2. The molecule has 0 atom stereocenters. The molecule has 0 saturated carbocycles. The normalized spacial score (nSPS) is 15.2. The summed E-state index contributed by atoms with van der Waals surface area (Å²) in [7, 11) is 0. The molecule has 0 rings (SSSR count). The molecular formula is C6H6F9NO. The van der Waals surface area contributed by atoms with Crippen LogP contribution in [0.1, 0.15) is 0 Å². The molecule has 0 bridgehead atoms. The van der Waals surface area contributed by atoms with Crippen LogP contribution in [-0.4, -0.2) is 42.3 Å². The molecule has 0 spiro atoms. The zero-order chi connectivity index (χ0) is 14.1. The van der Waals surface area contributed by atoms with E-state index in [2.05, 4.69) is 0 Å². The predicted molar refractivity (Wildman–Crippen MR) is 36.0 cm³/mol. The summed E-state index contributed by atoms with van der Waals surface area (Å²) in [6.07, 6.45) is -17.3. The van der Waals surface area contributed by atoms with Crippen molar-refractivity contribution < 1.29 is 44.6 Å². The highest BCUT2D eigenvalue weighted by Crippen LogP contribution is 2.42. The van der Waals surface area contributed by atoms with Gasteiger partial charge in [0.25, 0.3) is 5.60 Å². The van der Waals surface area contributed by atoms with E-state index in [1.165, 1.54) is 0 Å². The van der Waals surface area contributed by atoms with Crippen LogP contribution in [0.5, 0.6) is 0 Å². The van der Waals surface area contributed by atoms with Crippen molar-refractivity contribution in [3.8, 4) is 0 Å². The highest BCUT2D eigenvalue weighted by molar-refractivity contribution is 4.95. The fourth-order valence-electron chi connectivity index (χ4n) is 0.746. The third-order valence-electron chi connectivity index (χ3n) is 1.64. The van der Waals surface area contributed by atoms with Crippen molar-refractivity contribution in [1.82, 2.24) is 5.32 Å². The average Bonchev–Trinajstić information content (AvgIpc) is 1.96. The maximum atomic E-state index is 11.9. The van der Waals surface area contributed by atoms with Gasteiger partial charge < -0.3 is 10.4 Å². The van der Waals surface area contributed by atoms with Crippen molar-refractivity contribution >= 4 is 0 Å². The van der Waals surface area contributed by atoms with Crippen LogP contribution in [0.3, 0.4) is 0 Å². The number of nitrogens with one attached hydrogen (secondary N) is 1. The van der Waals surface area contributed by atoms with E-state index in [-0.39, 0.29) is 0 Å². The minimum Gasteiger partial charge on any atom is -0.373 e. The van der Waals surface area contributed by atoms with Crippen molar-refractivity contribution in [3.63, 3.8) is 0 Å². The van der Waals surface area contributed by atoms with Gasteiger partial charge >= 0.3 is 18.5 Å². The summed E-state index contributed by atoms with van der Waals surface area (Å²) in [5, 5.41) is 9.27. The van der Waals surface area contributed by atoms with Gasteiger partial charge in [0.2, 0.25) is 0 Å². The number of halogens is 9. The molecule has 0 aromatic heterocycles. The maximum absolute atomic E-state index is 11.9. The number of hydrogen-bond acceptors (Lipinski definition) is 2. The number of rotatable bonds is 3. The molecule has 0 saturated heterocycles. The molecular weight excluding hydrogens is 273 g/mol. The quantitative estimate of drug-likeness (QED) is 0.774. The molecule has 2 N–H and O–H groups in total. The Labute approximate surface area is 88.4 Å². The third-order valence-corrected chi connectivity index (χ3v) is 1.64. The zero-order valence-electron chi connectivity index (χ0n) is 7.76. The third kappa shape index (κ3) is 4.22. The molecule has 0 radical (unpaired) electrons. The molecule has 0 unspecified atom stereocenters. The van der Waals surface area contributed by atoms with Crippen LogP contribution in [0.25, 0.3) is 0 Å². The molecule has 104 valence electrons. The van der Waals surface area contributed by atoms with Crippen LogP contribution in [-0.2, 0) is 0 Å². The molecule has 0 aromatic rings. The van der Waals surface area contributed by atoms with Gasteiger partial charge in [-0.2, -0.15) is 39.5 Å². The van der Waals surface area contributed by atoms with Gasteiger partial charge in [-0.25, -0.2) is 0 Å². The van der Waals surface area contributed by atoms with Gasteiger partial charge in [0.05, 0.1) is 6.54 Å². The Kier molecular flexibility index (Phi) is 4.33. The van der Waals surface area contributed by atoms with E-state index < -0.39 is 37.2 Å². The van der Waals surface area contributed by atoms with Gasteiger partial charge in [0, 0.05) is 6.54 Å². The molecule has 17 heavy (non-hydrogen) atoms. The van der Waals surface area contributed by atoms with Crippen molar-refractivity contribution in [3.05, 3.63) is 0 Å². The lowest BCUT2D eigenvalue weighted by molar-refractivity contribution is -0.365. The first kappa shape index (κ1) is 16.3. The minimum absolute atomic E-state index is 0.864. The lowest BCUT2D eigenvalue weighted by Gasteiger charge is -2.32. The Hall–Kier alpha value is -0.710. The molecule has 0 aliphatic heterocycles. The average molecular weight is 279 g/mol. The molecule has 0 fully saturated rings. The number of alkyl halides is 9. The zero-order valence-corrected chi connectivity index (χ0v) is 7.76. The molecule has 0 aromatic carbocycles. The smallest absolute Gasteiger partial charge is 0.373 e. The highest BCUT2D eigenvalue weighted by atomic mass is 19.4. The van der Waals surface area contributed by atoms with E-state index in [0.29, 0.717) is 0 Å². The van der Waals surface area contributed by atoms with Gasteiger partial charge in [-0.15, -0.1) is 0 Å². The monoisotopic (exact) mass is 279 g/mol. The summed E-state index contributed by atoms with van der Waals surface area (Å²) >= 11 is 0. The van der Waals surface area contributed by atoms with Gasteiger partial charge in [0.1, 0.15) is 0 Å². The fourth-order valence-corrected chi connectivity index (χ4v) is 0.746. The molecule has 0 amide bonds. The van der Waals surface area contributed by atoms with Crippen LogP contribution in [0.2, 0.25) is 0 Å². The van der Waals surface area contributed by atoms with E-state index in [9.17, 15) is 39.5 Å². The van der Waals surface area contributed by atoms with Crippen molar-refractivity contribution in [1.29, 1.82) is 0 Å². The van der Waals surface area contributed by atoms with Crippen molar-refractivity contribution in [2.75, 3.05) is 13.1 Å². The summed E-state index contributed by atoms with van der Waals surface area (Å²) in [6.45, 7) is -4.42. The topological polar surface area (TPSA) is 32.3 Å². The Morgan fingerprint density at radius 3 is 1.29 bits per heavy atom. The molecule has 0 aliphatic rings. The second-order valence-electron chi connectivity index (χ2n) is 3.07. The Bertz CT molecular complexity index is 238. The van der Waals surface area contributed by atoms with Crippen LogP contribution >= 0.6 is 0 Å². The van der Waals surface area contributed by atoms with Crippen LogP contribution < -0.4 is 5.32 Å². The van der Waals surface area contributed by atoms with Gasteiger partial charge in [-0.1, -0.05) is 0 Å². The lowest BCUT2D eigenvalue weighted by atomic mass is 10.0. The highest BCUT2D eigenvalue weighted by Gasteiger charge is 2.70. The van der Waals surface area contributed by atoms with E-state index in [4.69, 9.17) is 5.11 Å². The van der Waals surface area contributed by atoms with Crippen LogP contribution in [0.4, 0.5) is 39.5 Å². The SMILES string of the molecule is OC(CNCC(F)(F)F)(C(F)(F)F)C(F)(F)F. The Balaban J connectivity index is 4.77. The van der Waals surface area contributed by atoms with E-state index in [1.54, 1.807) is 0 Å². The first-order chi connectivity index (χ1) is 7.21. The minimum atomic E-state index is -6.14. The lowest BCUT2D eigenvalue weighted by Crippen LogP contribution is -2.62. The maximum Gasteiger partial charge on any atom is 0.427 e. The van der Waals surface area contributed by atoms with Gasteiger partial charge in [-0.3, -0.25) is 0 Å². The molecule has 2 nitrogen and oxygen atoms in total. The summed E-state index contributed by atoms with van der Waals surface area (Å²) in [6, 6.07) is 0. The summed E-state index contributed by atoms with van der Waals surface area (Å²) < 4.78 is 106. The Morgan fingerprint density at radius 2 is 1.06 bits per heavy atom. The number of aliphatic hydroxyl groups is 1. The van der Waals surface area contributed by atoms with E-state index >= 15 is 0 Å².